The average Bonchev–Trinajstić information content (AvgIpc) is 2.84. The Bertz CT molecular complexity index is 911. The van der Waals surface area contributed by atoms with Gasteiger partial charge in [-0.05, 0) is 29.5 Å². The second-order valence-corrected chi connectivity index (χ2v) is 6.38. The van der Waals surface area contributed by atoms with Gasteiger partial charge in [-0.3, -0.25) is 0 Å². The van der Waals surface area contributed by atoms with Gasteiger partial charge in [-0.1, -0.05) is 84.0 Å². The number of hydrogen-bond acceptors (Lipinski definition) is 3. The number of carbonyl (C=O) groups excluding carboxylic acids is 1. The van der Waals surface area contributed by atoms with E-state index < -0.39 is 0 Å². The zero-order chi connectivity index (χ0) is 17.8. The molecule has 3 heteroatoms. The molecule has 3 nitrogen and oxygen atoms in total. The fourth-order valence-electron chi connectivity index (χ4n) is 3.34. The topological polar surface area (TPSA) is 38.7 Å². The largest absolute Gasteiger partial charge is 0.339 e. The summed E-state index contributed by atoms with van der Waals surface area (Å²) in [6.45, 7) is 0. The van der Waals surface area contributed by atoms with Crippen molar-refractivity contribution in [1.29, 1.82) is 0 Å². The standard InChI is InChI=1S/C23H19NO2/c25-22(16-17-8-2-1-3-9-17)26-24-23-20-12-6-4-10-18(20)14-15-19-11-5-7-13-21(19)23/h1-13H,14-16H2. The summed E-state index contributed by atoms with van der Waals surface area (Å²) >= 11 is 0. The van der Waals surface area contributed by atoms with Crippen LogP contribution in [0.4, 0.5) is 0 Å². The number of carbonyl (C=O) groups is 1. The van der Waals surface area contributed by atoms with E-state index in [1.54, 1.807) is 0 Å². The Balaban J connectivity index is 1.66. The molecule has 4 rings (SSSR count). The molecule has 0 saturated carbocycles. The van der Waals surface area contributed by atoms with E-state index in [1.807, 2.05) is 66.7 Å². The van der Waals surface area contributed by atoms with E-state index in [0.29, 0.717) is 0 Å². The van der Waals surface area contributed by atoms with Crippen LogP contribution in [-0.2, 0) is 28.9 Å². The number of rotatable bonds is 3. The zero-order valence-electron chi connectivity index (χ0n) is 14.4. The normalized spacial score (nSPS) is 12.5. The van der Waals surface area contributed by atoms with Crippen LogP contribution in [0.25, 0.3) is 0 Å². The van der Waals surface area contributed by atoms with Gasteiger partial charge in [0.15, 0.2) is 0 Å². The summed E-state index contributed by atoms with van der Waals surface area (Å²) in [5.41, 5.74) is 6.16. The number of fused-ring (bicyclic) bond motifs is 2. The molecule has 0 spiro atoms. The number of oxime groups is 1. The second-order valence-electron chi connectivity index (χ2n) is 6.38. The highest BCUT2D eigenvalue weighted by molar-refractivity contribution is 6.14. The van der Waals surface area contributed by atoms with E-state index in [-0.39, 0.29) is 12.4 Å². The minimum atomic E-state index is -0.358. The molecule has 0 fully saturated rings. The van der Waals surface area contributed by atoms with Crippen LogP contribution in [0.15, 0.2) is 84.0 Å². The summed E-state index contributed by atoms with van der Waals surface area (Å²) in [7, 11) is 0. The third-order valence-corrected chi connectivity index (χ3v) is 4.64. The Labute approximate surface area is 152 Å². The first kappa shape index (κ1) is 16.3. The van der Waals surface area contributed by atoms with Crippen molar-refractivity contribution in [3.05, 3.63) is 107 Å². The Morgan fingerprint density at radius 3 is 1.92 bits per heavy atom. The molecule has 128 valence electrons. The number of aryl methyl sites for hydroxylation is 2. The Morgan fingerprint density at radius 2 is 1.31 bits per heavy atom. The van der Waals surface area contributed by atoms with Gasteiger partial charge in [-0.25, -0.2) is 4.79 Å². The average molecular weight is 341 g/mol. The molecule has 0 saturated heterocycles. The van der Waals surface area contributed by atoms with Crippen LogP contribution in [0.1, 0.15) is 27.8 Å². The Hall–Kier alpha value is -3.20. The summed E-state index contributed by atoms with van der Waals surface area (Å²) in [6, 6.07) is 25.9. The summed E-state index contributed by atoms with van der Waals surface area (Å²) in [5.74, 6) is -0.358. The quantitative estimate of drug-likeness (QED) is 0.525. The maximum atomic E-state index is 12.2. The van der Waals surface area contributed by atoms with E-state index in [2.05, 4.69) is 17.3 Å². The number of nitrogens with zero attached hydrogens (tertiary/aromatic N) is 1. The molecule has 0 aromatic heterocycles. The van der Waals surface area contributed by atoms with E-state index in [4.69, 9.17) is 4.84 Å². The van der Waals surface area contributed by atoms with E-state index in [0.717, 1.165) is 35.2 Å². The molecule has 0 N–H and O–H groups in total. The van der Waals surface area contributed by atoms with Crippen molar-refractivity contribution in [1.82, 2.24) is 0 Å². The molecule has 0 atom stereocenters. The van der Waals surface area contributed by atoms with Gasteiger partial charge in [0.05, 0.1) is 6.42 Å². The molecule has 0 heterocycles. The van der Waals surface area contributed by atoms with Crippen LogP contribution in [0.3, 0.4) is 0 Å². The highest BCUT2D eigenvalue weighted by Crippen LogP contribution is 2.25. The monoisotopic (exact) mass is 341 g/mol. The van der Waals surface area contributed by atoms with Crippen molar-refractivity contribution in [3.63, 3.8) is 0 Å². The molecular weight excluding hydrogens is 322 g/mol. The summed E-state index contributed by atoms with van der Waals surface area (Å²) in [5, 5.41) is 4.29. The van der Waals surface area contributed by atoms with Crippen LogP contribution >= 0.6 is 0 Å². The van der Waals surface area contributed by atoms with Crippen molar-refractivity contribution in [2.24, 2.45) is 5.16 Å². The SMILES string of the molecule is O=C(Cc1ccccc1)ON=C1c2ccccc2CCc2ccccc21. The number of benzene rings is 3. The second kappa shape index (κ2) is 7.36. The molecule has 0 amide bonds. The molecule has 0 aliphatic heterocycles. The Kier molecular flexibility index (Phi) is 4.61. The highest BCUT2D eigenvalue weighted by atomic mass is 16.7. The third kappa shape index (κ3) is 3.42. The van der Waals surface area contributed by atoms with Crippen molar-refractivity contribution in [2.45, 2.75) is 19.3 Å². The van der Waals surface area contributed by atoms with Crippen molar-refractivity contribution in [3.8, 4) is 0 Å². The molecule has 26 heavy (non-hydrogen) atoms. The van der Waals surface area contributed by atoms with Crippen molar-refractivity contribution in [2.75, 3.05) is 0 Å². The van der Waals surface area contributed by atoms with E-state index >= 15 is 0 Å². The smallest absolute Gasteiger partial charge is 0.317 e. The molecule has 0 unspecified atom stereocenters. The molecule has 3 aromatic rings. The van der Waals surface area contributed by atoms with Gasteiger partial charge >= 0.3 is 5.97 Å². The lowest BCUT2D eigenvalue weighted by atomic mass is 9.98. The van der Waals surface area contributed by atoms with Gasteiger partial charge in [-0.2, -0.15) is 0 Å². The number of hydrogen-bond donors (Lipinski definition) is 0. The highest BCUT2D eigenvalue weighted by Gasteiger charge is 2.20. The van der Waals surface area contributed by atoms with Crippen LogP contribution < -0.4 is 0 Å². The predicted molar refractivity (Wildman–Crippen MR) is 102 cm³/mol. The fourth-order valence-corrected chi connectivity index (χ4v) is 3.34. The van der Waals surface area contributed by atoms with Crippen molar-refractivity contribution >= 4 is 11.7 Å². The maximum absolute atomic E-state index is 12.2. The van der Waals surface area contributed by atoms with E-state index in [1.165, 1.54) is 11.1 Å². The third-order valence-electron chi connectivity index (χ3n) is 4.64. The molecule has 1 aliphatic rings. The van der Waals surface area contributed by atoms with Gasteiger partial charge < -0.3 is 4.84 Å². The first-order valence-electron chi connectivity index (χ1n) is 8.79. The Morgan fingerprint density at radius 1 is 0.769 bits per heavy atom. The van der Waals surface area contributed by atoms with Crippen LogP contribution in [0, 0.1) is 0 Å². The van der Waals surface area contributed by atoms with Crippen LogP contribution in [0.5, 0.6) is 0 Å². The van der Waals surface area contributed by atoms with Gasteiger partial charge in [0, 0.05) is 11.1 Å². The lowest BCUT2D eigenvalue weighted by Gasteiger charge is -2.09. The van der Waals surface area contributed by atoms with Crippen LogP contribution in [0.2, 0.25) is 0 Å². The summed E-state index contributed by atoms with van der Waals surface area (Å²) < 4.78 is 0. The van der Waals surface area contributed by atoms with Gasteiger partial charge in [0.1, 0.15) is 5.71 Å². The zero-order valence-corrected chi connectivity index (χ0v) is 14.4. The lowest BCUT2D eigenvalue weighted by Crippen LogP contribution is -2.10. The molecule has 0 radical (unpaired) electrons. The molecule has 0 bridgehead atoms. The first-order valence-corrected chi connectivity index (χ1v) is 8.79. The minimum absolute atomic E-state index is 0.209. The molecule has 1 aliphatic carbocycles. The van der Waals surface area contributed by atoms with Crippen LogP contribution in [-0.4, -0.2) is 11.7 Å². The summed E-state index contributed by atoms with van der Waals surface area (Å²) in [6.07, 6.45) is 2.11. The molecular formula is C23H19NO2. The van der Waals surface area contributed by atoms with Gasteiger partial charge in [0.2, 0.25) is 0 Å². The van der Waals surface area contributed by atoms with Gasteiger partial charge in [0.25, 0.3) is 0 Å². The minimum Gasteiger partial charge on any atom is -0.317 e. The van der Waals surface area contributed by atoms with Gasteiger partial charge in [-0.15, -0.1) is 0 Å². The first-order chi connectivity index (χ1) is 12.8. The predicted octanol–water partition coefficient (Wildman–Crippen LogP) is 4.32. The van der Waals surface area contributed by atoms with E-state index in [9.17, 15) is 4.79 Å². The fraction of sp³-hybridized carbons (Fsp3) is 0.130. The van der Waals surface area contributed by atoms with Crippen molar-refractivity contribution < 1.29 is 9.63 Å². The molecule has 3 aromatic carbocycles. The summed E-state index contributed by atoms with van der Waals surface area (Å²) in [4.78, 5) is 17.5. The maximum Gasteiger partial charge on any atom is 0.339 e. The lowest BCUT2D eigenvalue weighted by molar-refractivity contribution is -0.142.